The molecule has 1 saturated heterocycles. The Morgan fingerprint density at radius 2 is 2.19 bits per heavy atom. The molecule has 0 saturated carbocycles. The third kappa shape index (κ3) is 2.49. The van der Waals surface area contributed by atoms with Gasteiger partial charge in [0.1, 0.15) is 4.90 Å². The summed E-state index contributed by atoms with van der Waals surface area (Å²) in [5, 5.41) is 0.767. The van der Waals surface area contributed by atoms with Gasteiger partial charge in [-0.25, -0.2) is 8.42 Å². The highest BCUT2D eigenvalue weighted by atomic mass is 32.2. The fraction of sp³-hybridized carbons (Fsp3) is 0.429. The smallest absolute Gasteiger partial charge is 0.244 e. The van der Waals surface area contributed by atoms with E-state index in [9.17, 15) is 8.42 Å². The first-order valence-corrected chi connectivity index (χ1v) is 9.07. The molecule has 1 unspecified atom stereocenters. The van der Waals surface area contributed by atoms with Gasteiger partial charge in [0.25, 0.3) is 0 Å². The Kier molecular flexibility index (Phi) is 4.02. The van der Waals surface area contributed by atoms with Crippen LogP contribution in [0.2, 0.25) is 0 Å². The van der Waals surface area contributed by atoms with Gasteiger partial charge in [-0.05, 0) is 12.5 Å². The van der Waals surface area contributed by atoms with Gasteiger partial charge in [0.05, 0.1) is 6.10 Å². The van der Waals surface area contributed by atoms with Crippen molar-refractivity contribution in [3.05, 3.63) is 29.1 Å². The highest BCUT2D eigenvalue weighted by Gasteiger charge is 2.35. The largest absolute Gasteiger partial charge is 0.380 e. The number of fused-ring (bicyclic) bond motifs is 1. The molecule has 2 N–H and O–H groups in total. The molecular formula is C14H18N2O3S2. The summed E-state index contributed by atoms with van der Waals surface area (Å²) >= 11 is 1.45. The zero-order valence-electron chi connectivity index (χ0n) is 11.8. The molecule has 5 nitrogen and oxygen atoms in total. The number of nitrogens with zero attached hydrogens (tertiary/aromatic N) is 1. The van der Waals surface area contributed by atoms with Crippen LogP contribution in [0.3, 0.4) is 0 Å². The van der Waals surface area contributed by atoms with Crippen molar-refractivity contribution >= 4 is 31.4 Å². The van der Waals surface area contributed by atoms with Gasteiger partial charge in [-0.1, -0.05) is 18.2 Å². The standard InChI is InChI=1S/C14H18N2O3S2/c1-19-10-6-7-16(9-10)21(17,18)14-11-4-2-3-5-12(11)20-13(14)8-15/h2-5,10H,6-9,15H2,1H3. The summed E-state index contributed by atoms with van der Waals surface area (Å²) in [6.07, 6.45) is 0.710. The lowest BCUT2D eigenvalue weighted by molar-refractivity contribution is 0.115. The van der Waals surface area contributed by atoms with Crippen LogP contribution in [0.25, 0.3) is 10.1 Å². The molecule has 21 heavy (non-hydrogen) atoms. The molecular weight excluding hydrogens is 308 g/mol. The van der Waals surface area contributed by atoms with Crippen LogP contribution in [-0.2, 0) is 21.3 Å². The van der Waals surface area contributed by atoms with E-state index in [-0.39, 0.29) is 12.6 Å². The third-order valence-electron chi connectivity index (χ3n) is 3.84. The van der Waals surface area contributed by atoms with Crippen LogP contribution < -0.4 is 5.73 Å². The van der Waals surface area contributed by atoms with Crippen molar-refractivity contribution in [3.8, 4) is 0 Å². The van der Waals surface area contributed by atoms with Crippen molar-refractivity contribution in [2.75, 3.05) is 20.2 Å². The summed E-state index contributed by atoms with van der Waals surface area (Å²) in [5.41, 5.74) is 5.77. The molecule has 3 rings (SSSR count). The minimum absolute atomic E-state index is 0.0222. The van der Waals surface area contributed by atoms with Gasteiger partial charge < -0.3 is 10.5 Å². The van der Waals surface area contributed by atoms with Crippen molar-refractivity contribution in [2.45, 2.75) is 24.0 Å². The number of ether oxygens (including phenoxy) is 1. The molecule has 1 atom stereocenters. The van der Waals surface area contributed by atoms with E-state index in [4.69, 9.17) is 10.5 Å². The minimum atomic E-state index is -3.52. The molecule has 0 radical (unpaired) electrons. The molecule has 2 aromatic rings. The fourth-order valence-corrected chi connectivity index (χ4v) is 6.00. The second-order valence-corrected chi connectivity index (χ2v) is 8.08. The molecule has 7 heteroatoms. The Morgan fingerprint density at radius 3 is 2.86 bits per heavy atom. The number of hydrogen-bond donors (Lipinski definition) is 1. The summed E-state index contributed by atoms with van der Waals surface area (Å²) < 4.78 is 33.7. The van der Waals surface area contributed by atoms with E-state index in [1.54, 1.807) is 7.11 Å². The van der Waals surface area contributed by atoms with Crippen LogP contribution in [0.5, 0.6) is 0 Å². The topological polar surface area (TPSA) is 72.6 Å². The van der Waals surface area contributed by atoms with Crippen LogP contribution in [0.4, 0.5) is 0 Å². The summed E-state index contributed by atoms with van der Waals surface area (Å²) in [6, 6.07) is 7.55. The number of benzene rings is 1. The van der Waals surface area contributed by atoms with Gasteiger partial charge in [-0.3, -0.25) is 0 Å². The second kappa shape index (κ2) is 5.66. The number of hydrogen-bond acceptors (Lipinski definition) is 5. The maximum absolute atomic E-state index is 13.0. The molecule has 1 aromatic heterocycles. The summed E-state index contributed by atoms with van der Waals surface area (Å²) in [4.78, 5) is 1.10. The average Bonchev–Trinajstić information content (AvgIpc) is 3.11. The zero-order chi connectivity index (χ0) is 15.0. The van der Waals surface area contributed by atoms with Crippen molar-refractivity contribution in [1.29, 1.82) is 0 Å². The van der Waals surface area contributed by atoms with Crippen molar-refractivity contribution < 1.29 is 13.2 Å². The predicted octanol–water partition coefficient (Wildman–Crippen LogP) is 1.77. The normalized spacial score (nSPS) is 20.4. The Bertz CT molecular complexity index is 755. The number of thiophene rings is 1. The summed E-state index contributed by atoms with van der Waals surface area (Å²) in [5.74, 6) is 0. The Morgan fingerprint density at radius 1 is 1.43 bits per heavy atom. The minimum Gasteiger partial charge on any atom is -0.380 e. The van der Waals surface area contributed by atoms with E-state index < -0.39 is 10.0 Å². The van der Waals surface area contributed by atoms with Crippen LogP contribution >= 0.6 is 11.3 Å². The van der Waals surface area contributed by atoms with Crippen LogP contribution in [0.15, 0.2) is 29.2 Å². The molecule has 1 fully saturated rings. The number of methoxy groups -OCH3 is 1. The first-order valence-electron chi connectivity index (χ1n) is 6.81. The van der Waals surface area contributed by atoms with E-state index in [0.717, 1.165) is 21.4 Å². The molecule has 2 heterocycles. The summed E-state index contributed by atoms with van der Waals surface area (Å²) in [7, 11) is -1.91. The SMILES string of the molecule is COC1CCN(S(=O)(=O)c2c(CN)sc3ccccc23)C1. The van der Waals surface area contributed by atoms with Gasteiger partial charge in [0.15, 0.2) is 0 Å². The lowest BCUT2D eigenvalue weighted by Crippen LogP contribution is -2.30. The highest BCUT2D eigenvalue weighted by molar-refractivity contribution is 7.89. The van der Waals surface area contributed by atoms with Gasteiger partial charge >= 0.3 is 0 Å². The number of nitrogens with two attached hydrogens (primary N) is 1. The van der Waals surface area contributed by atoms with Crippen molar-refractivity contribution in [2.24, 2.45) is 5.73 Å². The van der Waals surface area contributed by atoms with Crippen molar-refractivity contribution in [1.82, 2.24) is 4.31 Å². The Labute approximate surface area is 128 Å². The predicted molar refractivity (Wildman–Crippen MR) is 83.9 cm³/mol. The van der Waals surface area contributed by atoms with E-state index in [1.165, 1.54) is 15.6 Å². The first-order chi connectivity index (χ1) is 10.1. The van der Waals surface area contributed by atoms with Gasteiger partial charge in [0.2, 0.25) is 10.0 Å². The fourth-order valence-electron chi connectivity index (χ4n) is 2.73. The quantitative estimate of drug-likeness (QED) is 0.929. The maximum atomic E-state index is 13.0. The monoisotopic (exact) mass is 326 g/mol. The lowest BCUT2D eigenvalue weighted by Gasteiger charge is -2.17. The number of rotatable bonds is 4. The molecule has 0 spiro atoms. The van der Waals surface area contributed by atoms with Crippen LogP contribution in [0, 0.1) is 0 Å². The number of sulfonamides is 1. The Balaban J connectivity index is 2.10. The maximum Gasteiger partial charge on any atom is 0.244 e. The van der Waals surface area contributed by atoms with E-state index in [1.807, 2.05) is 24.3 Å². The second-order valence-electron chi connectivity index (χ2n) is 5.06. The molecule has 114 valence electrons. The lowest BCUT2D eigenvalue weighted by atomic mass is 10.2. The van der Waals surface area contributed by atoms with Gasteiger partial charge in [0, 0.05) is 41.7 Å². The average molecular weight is 326 g/mol. The van der Waals surface area contributed by atoms with Crippen LogP contribution in [-0.4, -0.2) is 39.0 Å². The van der Waals surface area contributed by atoms with Gasteiger partial charge in [-0.15, -0.1) is 11.3 Å². The molecule has 0 amide bonds. The van der Waals surface area contributed by atoms with E-state index in [2.05, 4.69) is 0 Å². The Hall–Kier alpha value is -0.990. The van der Waals surface area contributed by atoms with E-state index in [0.29, 0.717) is 18.0 Å². The highest BCUT2D eigenvalue weighted by Crippen LogP contribution is 2.37. The molecule has 0 aliphatic carbocycles. The zero-order valence-corrected chi connectivity index (χ0v) is 13.4. The molecule has 1 aliphatic rings. The molecule has 1 aliphatic heterocycles. The van der Waals surface area contributed by atoms with E-state index >= 15 is 0 Å². The van der Waals surface area contributed by atoms with Crippen LogP contribution in [0.1, 0.15) is 11.3 Å². The van der Waals surface area contributed by atoms with Gasteiger partial charge in [-0.2, -0.15) is 4.31 Å². The summed E-state index contributed by atoms with van der Waals surface area (Å²) in [6.45, 7) is 1.14. The first kappa shape index (κ1) is 14.9. The molecule has 1 aromatic carbocycles. The molecule has 0 bridgehead atoms. The third-order valence-corrected chi connectivity index (χ3v) is 7.16. The van der Waals surface area contributed by atoms with Crippen molar-refractivity contribution in [3.63, 3.8) is 0 Å².